The first kappa shape index (κ1) is 13.5. The molecular formula is C13H20N2O2. The second-order valence-corrected chi connectivity index (χ2v) is 4.93. The van der Waals surface area contributed by atoms with Crippen molar-refractivity contribution in [2.45, 2.75) is 26.3 Å². The zero-order valence-corrected chi connectivity index (χ0v) is 10.8. The summed E-state index contributed by atoms with van der Waals surface area (Å²) in [7, 11) is 1.67. The topological polar surface area (TPSA) is 66.6 Å². The quantitative estimate of drug-likeness (QED) is 0.780. The molecular weight excluding hydrogens is 216 g/mol. The lowest BCUT2D eigenvalue weighted by Crippen LogP contribution is -2.47. The van der Waals surface area contributed by atoms with Gasteiger partial charge < -0.3 is 15.7 Å². The Hall–Kier alpha value is -1.55. The van der Waals surface area contributed by atoms with E-state index in [9.17, 15) is 9.90 Å². The molecule has 3 N–H and O–H groups in total. The summed E-state index contributed by atoms with van der Waals surface area (Å²) in [5.74, 6) is -0.176. The lowest BCUT2D eigenvalue weighted by molar-refractivity contribution is 0.0474. The monoisotopic (exact) mass is 236 g/mol. The number of nitrogens with two attached hydrogens (primary N) is 1. The highest BCUT2D eigenvalue weighted by Crippen LogP contribution is 2.20. The number of nitrogen functional groups attached to an aromatic ring is 1. The van der Waals surface area contributed by atoms with Gasteiger partial charge in [0.05, 0.1) is 17.7 Å². The molecule has 4 heteroatoms. The maximum absolute atomic E-state index is 12.3. The largest absolute Gasteiger partial charge is 0.398 e. The van der Waals surface area contributed by atoms with E-state index >= 15 is 0 Å². The number of aliphatic hydroxyl groups is 1. The molecule has 4 nitrogen and oxygen atoms in total. The van der Waals surface area contributed by atoms with E-state index in [0.717, 1.165) is 5.56 Å². The van der Waals surface area contributed by atoms with Crippen LogP contribution in [0.1, 0.15) is 29.8 Å². The third kappa shape index (κ3) is 2.77. The minimum absolute atomic E-state index is 0.0963. The Morgan fingerprint density at radius 3 is 2.59 bits per heavy atom. The number of carbonyl (C=O) groups is 1. The van der Waals surface area contributed by atoms with Gasteiger partial charge in [-0.1, -0.05) is 11.6 Å². The van der Waals surface area contributed by atoms with E-state index in [-0.39, 0.29) is 12.5 Å². The number of anilines is 1. The Kier molecular flexibility index (Phi) is 3.78. The zero-order valence-electron chi connectivity index (χ0n) is 10.8. The van der Waals surface area contributed by atoms with Gasteiger partial charge in [-0.3, -0.25) is 4.79 Å². The fourth-order valence-corrected chi connectivity index (χ4v) is 1.42. The normalized spacial score (nSPS) is 11.4. The molecule has 0 fully saturated rings. The lowest BCUT2D eigenvalue weighted by Gasteiger charge is -2.34. The molecule has 0 unspecified atom stereocenters. The van der Waals surface area contributed by atoms with Crippen LogP contribution in [0.15, 0.2) is 18.2 Å². The van der Waals surface area contributed by atoms with Gasteiger partial charge in [-0.15, -0.1) is 0 Å². The number of nitrogens with zero attached hydrogens (tertiary/aromatic N) is 1. The predicted molar refractivity (Wildman–Crippen MR) is 68.8 cm³/mol. The Morgan fingerprint density at radius 2 is 2.06 bits per heavy atom. The van der Waals surface area contributed by atoms with E-state index in [1.807, 2.05) is 13.0 Å². The number of aliphatic hydroxyl groups excluding tert-OH is 1. The molecule has 1 amide bonds. The molecule has 1 aromatic rings. The first-order valence-electron chi connectivity index (χ1n) is 5.55. The van der Waals surface area contributed by atoms with E-state index < -0.39 is 5.54 Å². The maximum Gasteiger partial charge on any atom is 0.256 e. The summed E-state index contributed by atoms with van der Waals surface area (Å²) in [5, 5.41) is 9.26. The average molecular weight is 236 g/mol. The van der Waals surface area contributed by atoms with Crippen molar-refractivity contribution < 1.29 is 9.90 Å². The van der Waals surface area contributed by atoms with Crippen molar-refractivity contribution in [1.29, 1.82) is 0 Å². The molecule has 0 radical (unpaired) electrons. The second-order valence-electron chi connectivity index (χ2n) is 4.93. The van der Waals surface area contributed by atoms with Gasteiger partial charge in [0.2, 0.25) is 0 Å². The van der Waals surface area contributed by atoms with Gasteiger partial charge in [0.15, 0.2) is 0 Å². The van der Waals surface area contributed by atoms with E-state index in [2.05, 4.69) is 0 Å². The van der Waals surface area contributed by atoms with Crippen LogP contribution in [0.4, 0.5) is 5.69 Å². The fourth-order valence-electron chi connectivity index (χ4n) is 1.42. The summed E-state index contributed by atoms with van der Waals surface area (Å²) in [4.78, 5) is 13.8. The summed E-state index contributed by atoms with van der Waals surface area (Å²) < 4.78 is 0. The number of hydrogen-bond acceptors (Lipinski definition) is 3. The summed E-state index contributed by atoms with van der Waals surface area (Å²) >= 11 is 0. The molecule has 0 saturated heterocycles. The molecule has 0 heterocycles. The average Bonchev–Trinajstić information content (AvgIpc) is 2.30. The third-order valence-electron chi connectivity index (χ3n) is 3.04. The first-order valence-corrected chi connectivity index (χ1v) is 5.55. The predicted octanol–water partition coefficient (Wildman–Crippen LogP) is 1.42. The van der Waals surface area contributed by atoms with Crippen LogP contribution in [0.25, 0.3) is 0 Å². The van der Waals surface area contributed by atoms with Gasteiger partial charge >= 0.3 is 0 Å². The molecule has 1 rings (SSSR count). The van der Waals surface area contributed by atoms with Crippen molar-refractivity contribution in [1.82, 2.24) is 4.90 Å². The van der Waals surface area contributed by atoms with Crippen LogP contribution in [0, 0.1) is 6.92 Å². The van der Waals surface area contributed by atoms with Crippen molar-refractivity contribution >= 4 is 11.6 Å². The van der Waals surface area contributed by atoms with Crippen molar-refractivity contribution in [3.63, 3.8) is 0 Å². The maximum atomic E-state index is 12.3. The van der Waals surface area contributed by atoms with Crippen LogP contribution >= 0.6 is 0 Å². The molecule has 0 aliphatic carbocycles. The third-order valence-corrected chi connectivity index (χ3v) is 3.04. The molecule has 0 bridgehead atoms. The van der Waals surface area contributed by atoms with Crippen LogP contribution in [0.5, 0.6) is 0 Å². The van der Waals surface area contributed by atoms with Gasteiger partial charge in [-0.05, 0) is 32.9 Å². The van der Waals surface area contributed by atoms with Crippen LogP contribution in [0.3, 0.4) is 0 Å². The van der Waals surface area contributed by atoms with E-state index in [4.69, 9.17) is 5.73 Å². The minimum Gasteiger partial charge on any atom is -0.398 e. The highest BCUT2D eigenvalue weighted by Gasteiger charge is 2.28. The highest BCUT2D eigenvalue weighted by molar-refractivity contribution is 5.99. The number of hydrogen-bond donors (Lipinski definition) is 2. The zero-order chi connectivity index (χ0) is 13.2. The van der Waals surface area contributed by atoms with Crippen LogP contribution < -0.4 is 5.73 Å². The van der Waals surface area contributed by atoms with Gasteiger partial charge in [-0.25, -0.2) is 0 Å². The number of rotatable bonds is 3. The van der Waals surface area contributed by atoms with Crippen molar-refractivity contribution in [3.05, 3.63) is 29.3 Å². The van der Waals surface area contributed by atoms with E-state index in [0.29, 0.717) is 11.3 Å². The number of likely N-dealkylation sites (N-methyl/N-ethyl adjacent to an activating group) is 1. The Balaban J connectivity index is 3.08. The Morgan fingerprint density at radius 1 is 1.47 bits per heavy atom. The van der Waals surface area contributed by atoms with Crippen molar-refractivity contribution in [3.8, 4) is 0 Å². The second kappa shape index (κ2) is 4.75. The van der Waals surface area contributed by atoms with Gasteiger partial charge in [0, 0.05) is 12.7 Å². The smallest absolute Gasteiger partial charge is 0.256 e. The van der Waals surface area contributed by atoms with Gasteiger partial charge in [-0.2, -0.15) is 0 Å². The standard InChI is InChI=1S/C13H20N2O2/c1-9-5-6-11(14)10(7-9)12(17)15(4)13(2,3)8-16/h5-7,16H,8,14H2,1-4H3. The summed E-state index contributed by atoms with van der Waals surface area (Å²) in [6.07, 6.45) is 0. The lowest BCUT2D eigenvalue weighted by atomic mass is 10.0. The number of benzene rings is 1. The van der Waals surface area contributed by atoms with E-state index in [1.54, 1.807) is 33.0 Å². The Labute approximate surface area is 102 Å². The van der Waals surface area contributed by atoms with Gasteiger partial charge in [0.1, 0.15) is 0 Å². The molecule has 17 heavy (non-hydrogen) atoms. The molecule has 0 aromatic heterocycles. The van der Waals surface area contributed by atoms with Crippen molar-refractivity contribution in [2.24, 2.45) is 0 Å². The number of amides is 1. The Bertz CT molecular complexity index is 427. The molecule has 0 aliphatic rings. The van der Waals surface area contributed by atoms with Crippen molar-refractivity contribution in [2.75, 3.05) is 19.4 Å². The first-order chi connectivity index (χ1) is 7.79. The fraction of sp³-hybridized carbons (Fsp3) is 0.462. The molecule has 0 atom stereocenters. The van der Waals surface area contributed by atoms with E-state index in [1.165, 1.54) is 4.90 Å². The molecule has 0 saturated carbocycles. The molecule has 0 spiro atoms. The van der Waals surface area contributed by atoms with Crippen LogP contribution in [-0.2, 0) is 0 Å². The SMILES string of the molecule is Cc1ccc(N)c(C(=O)N(C)C(C)(C)CO)c1. The number of carbonyl (C=O) groups excluding carboxylic acids is 1. The van der Waals surface area contributed by atoms with Crippen LogP contribution in [-0.4, -0.2) is 35.1 Å². The minimum atomic E-state index is -0.604. The number of aryl methyl sites for hydroxylation is 1. The highest BCUT2D eigenvalue weighted by atomic mass is 16.3. The summed E-state index contributed by atoms with van der Waals surface area (Å²) in [6.45, 7) is 5.42. The summed E-state index contributed by atoms with van der Waals surface area (Å²) in [5.41, 5.74) is 7.12. The molecule has 1 aromatic carbocycles. The summed E-state index contributed by atoms with van der Waals surface area (Å²) in [6, 6.07) is 5.35. The van der Waals surface area contributed by atoms with Gasteiger partial charge in [0.25, 0.3) is 5.91 Å². The molecule has 94 valence electrons. The van der Waals surface area contributed by atoms with Crippen LogP contribution in [0.2, 0.25) is 0 Å². The molecule has 0 aliphatic heterocycles.